The average molecular weight is 563 g/mol. The molecule has 3 heterocycles. The third-order valence-electron chi connectivity index (χ3n) is 7.14. The fourth-order valence-electron chi connectivity index (χ4n) is 5.21. The molecule has 0 bridgehead atoms. The second kappa shape index (κ2) is 13.5. The average Bonchev–Trinajstić information content (AvgIpc) is 3.55. The van der Waals surface area contributed by atoms with Crippen LogP contribution in [0.4, 0.5) is 0 Å². The molecule has 0 saturated heterocycles. The summed E-state index contributed by atoms with van der Waals surface area (Å²) >= 11 is 6.91. The normalized spacial score (nSPS) is 15.5. The minimum atomic E-state index is -0.228. The van der Waals surface area contributed by atoms with Crippen molar-refractivity contribution in [2.75, 3.05) is 6.54 Å². The van der Waals surface area contributed by atoms with Crippen LogP contribution < -0.4 is 5.56 Å². The van der Waals surface area contributed by atoms with Crippen LogP contribution in [0, 0.1) is 0 Å². The lowest BCUT2D eigenvalue weighted by Gasteiger charge is -2.35. The number of unbranched alkanes of at least 4 members (excludes halogenated alkanes) is 1. The van der Waals surface area contributed by atoms with Gasteiger partial charge in [0.1, 0.15) is 30.4 Å². The Hall–Kier alpha value is -3.75. The predicted octanol–water partition coefficient (Wildman–Crippen LogP) is 6.72. The van der Waals surface area contributed by atoms with Gasteiger partial charge in [-0.05, 0) is 31.3 Å². The maximum Gasteiger partial charge on any atom is 0.280 e. The Morgan fingerprint density at radius 1 is 1.20 bits per heavy atom. The number of nitrogens with one attached hydrogen (secondary N) is 1. The molecule has 1 aliphatic carbocycles. The molecular weight excluding hydrogens is 528 g/mol. The Balaban J connectivity index is 1.52. The molecule has 3 aromatic rings. The van der Waals surface area contributed by atoms with E-state index in [-0.39, 0.29) is 11.6 Å². The first-order valence-electron chi connectivity index (χ1n) is 13.9. The first-order valence-corrected chi connectivity index (χ1v) is 14.3. The molecule has 1 N–H and O–H groups in total. The zero-order valence-electron chi connectivity index (χ0n) is 22.7. The minimum Gasteiger partial charge on any atom is -0.466 e. The van der Waals surface area contributed by atoms with Crippen LogP contribution in [-0.2, 0) is 29.0 Å². The van der Waals surface area contributed by atoms with Gasteiger partial charge in [-0.15, -0.1) is 0 Å². The van der Waals surface area contributed by atoms with Crippen LogP contribution in [-0.4, -0.2) is 32.2 Å². The van der Waals surface area contributed by atoms with Gasteiger partial charge in [0.2, 0.25) is 0 Å². The number of hydrogen-bond donors (Lipinski definition) is 1. The van der Waals surface area contributed by atoms with Crippen LogP contribution >= 0.6 is 11.6 Å². The SMILES string of the molecule is CCCCn1c(-c2ccccc2)nc(Cl)c1CN(CCCc1cc(=O)[nH]o1)C(C1=CC=CCC1)C1=COC=CO1. The number of imidazole rings is 1. The monoisotopic (exact) mass is 562 g/mol. The molecule has 0 radical (unpaired) electrons. The van der Waals surface area contributed by atoms with Crippen LogP contribution in [0.15, 0.2) is 94.1 Å². The highest BCUT2D eigenvalue weighted by Gasteiger charge is 2.31. The molecule has 210 valence electrons. The number of benzene rings is 1. The molecule has 2 aliphatic rings. The Morgan fingerprint density at radius 3 is 2.77 bits per heavy atom. The molecule has 9 heteroatoms. The van der Waals surface area contributed by atoms with E-state index < -0.39 is 0 Å². The number of aromatic amines is 1. The van der Waals surface area contributed by atoms with Gasteiger partial charge in [0.25, 0.3) is 5.56 Å². The third-order valence-corrected chi connectivity index (χ3v) is 7.44. The van der Waals surface area contributed by atoms with Crippen LogP contribution in [0.3, 0.4) is 0 Å². The quantitative estimate of drug-likeness (QED) is 0.249. The lowest BCUT2D eigenvalue weighted by atomic mass is 9.94. The largest absolute Gasteiger partial charge is 0.466 e. The molecule has 8 nitrogen and oxygen atoms in total. The van der Waals surface area contributed by atoms with Crippen molar-refractivity contribution in [2.24, 2.45) is 0 Å². The zero-order chi connectivity index (χ0) is 27.7. The van der Waals surface area contributed by atoms with Crippen molar-refractivity contribution in [3.63, 3.8) is 0 Å². The smallest absolute Gasteiger partial charge is 0.280 e. The van der Waals surface area contributed by atoms with Crippen molar-refractivity contribution in [3.05, 3.63) is 112 Å². The van der Waals surface area contributed by atoms with Crippen LogP contribution in [0.25, 0.3) is 11.4 Å². The molecule has 1 aliphatic heterocycles. The summed E-state index contributed by atoms with van der Waals surface area (Å²) in [6, 6.07) is 11.5. The summed E-state index contributed by atoms with van der Waals surface area (Å²) in [4.78, 5) is 18.8. The van der Waals surface area contributed by atoms with Crippen molar-refractivity contribution in [2.45, 2.75) is 64.6 Å². The fourth-order valence-corrected chi connectivity index (χ4v) is 5.45. The number of H-pyrrole nitrogens is 1. The Morgan fingerprint density at radius 2 is 2.08 bits per heavy atom. The number of aromatic nitrogens is 3. The van der Waals surface area contributed by atoms with Crippen LogP contribution in [0.5, 0.6) is 0 Å². The van der Waals surface area contributed by atoms with Gasteiger partial charge in [0, 0.05) is 37.7 Å². The molecule has 40 heavy (non-hydrogen) atoms. The summed E-state index contributed by atoms with van der Waals surface area (Å²) in [7, 11) is 0. The van der Waals surface area contributed by atoms with Gasteiger partial charge in [0.15, 0.2) is 10.9 Å². The van der Waals surface area contributed by atoms with Crippen molar-refractivity contribution in [1.29, 1.82) is 0 Å². The van der Waals surface area contributed by atoms with E-state index in [1.807, 2.05) is 18.2 Å². The Kier molecular flexibility index (Phi) is 9.42. The van der Waals surface area contributed by atoms with Gasteiger partial charge in [-0.2, -0.15) is 5.16 Å². The fraction of sp³-hybridized carbons (Fsp3) is 0.355. The van der Waals surface area contributed by atoms with E-state index in [4.69, 9.17) is 30.6 Å². The lowest BCUT2D eigenvalue weighted by molar-refractivity contribution is 0.150. The van der Waals surface area contributed by atoms with Gasteiger partial charge in [-0.1, -0.05) is 73.5 Å². The van der Waals surface area contributed by atoms with Crippen molar-refractivity contribution in [1.82, 2.24) is 19.6 Å². The van der Waals surface area contributed by atoms with Crippen LogP contribution in [0.1, 0.15) is 50.5 Å². The van der Waals surface area contributed by atoms with E-state index in [0.29, 0.717) is 30.4 Å². The summed E-state index contributed by atoms with van der Waals surface area (Å²) in [6.07, 6.45) is 16.5. The second-order valence-corrected chi connectivity index (χ2v) is 10.3. The molecule has 0 amide bonds. The summed E-state index contributed by atoms with van der Waals surface area (Å²) < 4.78 is 19.1. The highest BCUT2D eigenvalue weighted by Crippen LogP contribution is 2.33. The Bertz CT molecular complexity index is 1450. The number of aryl methyl sites for hydroxylation is 1. The van der Waals surface area contributed by atoms with E-state index in [0.717, 1.165) is 61.5 Å². The number of halogens is 1. The number of nitrogens with zero attached hydrogens (tertiary/aromatic N) is 3. The third kappa shape index (κ3) is 6.69. The number of hydrogen-bond acceptors (Lipinski definition) is 6. The molecule has 1 unspecified atom stereocenters. The van der Waals surface area contributed by atoms with Crippen molar-refractivity contribution >= 4 is 11.6 Å². The van der Waals surface area contributed by atoms with E-state index in [9.17, 15) is 4.79 Å². The highest BCUT2D eigenvalue weighted by atomic mass is 35.5. The molecule has 2 aromatic heterocycles. The van der Waals surface area contributed by atoms with Gasteiger partial charge >= 0.3 is 0 Å². The maximum atomic E-state index is 11.6. The topological polar surface area (TPSA) is 85.5 Å². The van der Waals surface area contributed by atoms with Crippen molar-refractivity contribution in [3.8, 4) is 11.4 Å². The standard InChI is InChI=1S/C31H35ClN4O4/c1-2-3-17-36-26(30(32)33-31(36)24-13-8-5-9-14-24)21-35(16-10-15-25-20-28(37)34-40-25)29(23-11-6-4-7-12-23)27-22-38-18-19-39-27/h4-6,8-9,11,13-14,18-20,22,29H,2-3,7,10,12,15-17,21H2,1H3,(H,34,37). The zero-order valence-corrected chi connectivity index (χ0v) is 23.5. The van der Waals surface area contributed by atoms with Crippen molar-refractivity contribution < 1.29 is 14.0 Å². The van der Waals surface area contributed by atoms with Crippen LogP contribution in [0.2, 0.25) is 5.15 Å². The Labute approximate surface area is 239 Å². The molecular formula is C31H35ClN4O4. The van der Waals surface area contributed by atoms with Gasteiger partial charge in [0.05, 0.1) is 11.7 Å². The molecule has 1 aromatic carbocycles. The minimum absolute atomic E-state index is 0.168. The summed E-state index contributed by atoms with van der Waals surface area (Å²) in [5.74, 6) is 2.23. The second-order valence-electron chi connectivity index (χ2n) is 9.95. The molecule has 0 saturated carbocycles. The molecule has 5 rings (SSSR count). The van der Waals surface area contributed by atoms with E-state index in [1.54, 1.807) is 12.5 Å². The van der Waals surface area contributed by atoms with Gasteiger partial charge < -0.3 is 18.6 Å². The first kappa shape index (κ1) is 27.8. The summed E-state index contributed by atoms with van der Waals surface area (Å²) in [5.41, 5.74) is 3.01. The lowest BCUT2D eigenvalue weighted by Crippen LogP contribution is -2.40. The van der Waals surface area contributed by atoms with E-state index in [2.05, 4.69) is 51.9 Å². The maximum absolute atomic E-state index is 11.6. The van der Waals surface area contributed by atoms with E-state index in [1.165, 1.54) is 17.9 Å². The predicted molar refractivity (Wildman–Crippen MR) is 155 cm³/mol. The molecule has 0 fully saturated rings. The van der Waals surface area contributed by atoms with Gasteiger partial charge in [-0.25, -0.2) is 4.98 Å². The molecule has 1 atom stereocenters. The summed E-state index contributed by atoms with van der Waals surface area (Å²) in [5, 5.41) is 2.88. The number of rotatable bonds is 13. The number of ether oxygens (including phenoxy) is 2. The van der Waals surface area contributed by atoms with E-state index >= 15 is 0 Å². The summed E-state index contributed by atoms with van der Waals surface area (Å²) in [6.45, 7) is 4.25. The first-order chi connectivity index (χ1) is 19.6. The molecule has 0 spiro atoms. The number of allylic oxidation sites excluding steroid dienone is 3. The van der Waals surface area contributed by atoms with Gasteiger partial charge in [-0.3, -0.25) is 9.69 Å². The highest BCUT2D eigenvalue weighted by molar-refractivity contribution is 6.30.